The van der Waals surface area contributed by atoms with E-state index in [1.165, 1.54) is 7.11 Å². The number of benzene rings is 2. The molecule has 0 atom stereocenters. The lowest BCUT2D eigenvalue weighted by Crippen LogP contribution is -2.46. The van der Waals surface area contributed by atoms with Crippen LogP contribution >= 0.6 is 15.9 Å². The summed E-state index contributed by atoms with van der Waals surface area (Å²) in [6, 6.07) is 8.90. The quantitative estimate of drug-likeness (QED) is 0.491. The van der Waals surface area contributed by atoms with E-state index in [9.17, 15) is 26.4 Å². The lowest BCUT2D eigenvalue weighted by Gasteiger charge is -2.38. The SMILES string of the molecule is COC(=O)CN(C)CCN1CCN(S(=O)(=O)c2cccc(C(F)(F)F)c2)c2cc(Br)ccc21. The maximum absolute atomic E-state index is 13.3. The molecule has 0 unspecified atom stereocenters. The van der Waals surface area contributed by atoms with Gasteiger partial charge in [0.05, 0.1) is 42.0 Å². The topological polar surface area (TPSA) is 70.2 Å². The molecule has 0 aromatic heterocycles. The number of fused-ring (bicyclic) bond motifs is 1. The molecule has 7 nitrogen and oxygen atoms in total. The number of methoxy groups -OCH3 is 1. The number of carbonyl (C=O) groups is 1. The number of carbonyl (C=O) groups excluding carboxylic acids is 1. The van der Waals surface area contributed by atoms with Crippen LogP contribution in [0.25, 0.3) is 0 Å². The maximum atomic E-state index is 13.3. The van der Waals surface area contributed by atoms with Crippen molar-refractivity contribution in [2.24, 2.45) is 0 Å². The number of anilines is 2. The van der Waals surface area contributed by atoms with Crippen molar-refractivity contribution < 1.29 is 31.1 Å². The molecule has 2 aromatic carbocycles. The normalized spacial score (nSPS) is 14.4. The number of sulfonamides is 1. The minimum absolute atomic E-state index is 0.0583. The van der Waals surface area contributed by atoms with Crippen LogP contribution in [0.1, 0.15) is 5.56 Å². The van der Waals surface area contributed by atoms with Crippen molar-refractivity contribution in [3.63, 3.8) is 0 Å². The van der Waals surface area contributed by atoms with E-state index in [1.54, 1.807) is 30.1 Å². The van der Waals surface area contributed by atoms with Gasteiger partial charge in [0.15, 0.2) is 0 Å². The summed E-state index contributed by atoms with van der Waals surface area (Å²) in [7, 11) is -1.15. The van der Waals surface area contributed by atoms with Gasteiger partial charge in [0.1, 0.15) is 0 Å². The van der Waals surface area contributed by atoms with E-state index in [0.29, 0.717) is 41.5 Å². The molecule has 0 bridgehead atoms. The monoisotopic (exact) mass is 549 g/mol. The van der Waals surface area contributed by atoms with Gasteiger partial charge in [0.25, 0.3) is 10.0 Å². The maximum Gasteiger partial charge on any atom is 0.416 e. The van der Waals surface area contributed by atoms with Crippen LogP contribution in [0, 0.1) is 0 Å². The Balaban J connectivity index is 1.90. The van der Waals surface area contributed by atoms with Crippen molar-refractivity contribution in [1.82, 2.24) is 4.90 Å². The predicted octanol–water partition coefficient (Wildman–Crippen LogP) is 3.59. The molecule has 0 N–H and O–H groups in total. The second-order valence-corrected chi connectivity index (χ2v) is 10.3. The number of nitrogens with zero attached hydrogens (tertiary/aromatic N) is 3. The van der Waals surface area contributed by atoms with Crippen LogP contribution in [-0.4, -0.2) is 66.2 Å². The zero-order valence-electron chi connectivity index (χ0n) is 18.0. The molecule has 1 aliphatic heterocycles. The van der Waals surface area contributed by atoms with Crippen LogP contribution in [0.15, 0.2) is 51.8 Å². The highest BCUT2D eigenvalue weighted by atomic mass is 79.9. The third kappa shape index (κ3) is 5.79. The highest BCUT2D eigenvalue weighted by molar-refractivity contribution is 9.10. The first-order valence-corrected chi connectivity index (χ1v) is 12.2. The standard InChI is InChI=1S/C21H23BrF3N3O4S/c1-26(14-20(29)32-2)8-9-27-10-11-28(19-13-16(22)6-7-18(19)27)33(30,31)17-5-3-4-15(12-17)21(23,24)25/h3-7,12-13H,8-11,14H2,1-2H3. The van der Waals surface area contributed by atoms with Crippen LogP contribution in [0.3, 0.4) is 0 Å². The Morgan fingerprint density at radius 3 is 2.55 bits per heavy atom. The van der Waals surface area contributed by atoms with Gasteiger partial charge >= 0.3 is 12.1 Å². The van der Waals surface area contributed by atoms with Gasteiger partial charge in [-0.2, -0.15) is 13.2 Å². The molecule has 0 aliphatic carbocycles. The van der Waals surface area contributed by atoms with Crippen LogP contribution in [0.2, 0.25) is 0 Å². The van der Waals surface area contributed by atoms with E-state index in [2.05, 4.69) is 20.7 Å². The fourth-order valence-corrected chi connectivity index (χ4v) is 5.37. The number of alkyl halides is 3. The van der Waals surface area contributed by atoms with Crippen LogP contribution in [0.4, 0.5) is 24.5 Å². The van der Waals surface area contributed by atoms with E-state index < -0.39 is 26.7 Å². The van der Waals surface area contributed by atoms with Crippen molar-refractivity contribution in [3.8, 4) is 0 Å². The summed E-state index contributed by atoms with van der Waals surface area (Å²) < 4.78 is 72.5. The molecule has 0 saturated carbocycles. The Labute approximate surface area is 198 Å². The number of esters is 1. The summed E-state index contributed by atoms with van der Waals surface area (Å²) in [6.45, 7) is 1.54. The van der Waals surface area contributed by atoms with Crippen LogP contribution in [-0.2, 0) is 25.7 Å². The fourth-order valence-electron chi connectivity index (χ4n) is 3.51. The molecule has 33 heavy (non-hydrogen) atoms. The Hall–Kier alpha value is -2.31. The first-order valence-electron chi connectivity index (χ1n) is 9.93. The molecule has 1 aliphatic rings. The first kappa shape index (κ1) is 25.3. The van der Waals surface area contributed by atoms with E-state index >= 15 is 0 Å². The van der Waals surface area contributed by atoms with Crippen molar-refractivity contribution in [2.45, 2.75) is 11.1 Å². The second-order valence-electron chi connectivity index (χ2n) is 7.54. The number of rotatable bonds is 7. The molecule has 3 rings (SSSR count). The van der Waals surface area contributed by atoms with Gasteiger partial charge < -0.3 is 9.64 Å². The first-order chi connectivity index (χ1) is 15.4. The van der Waals surface area contributed by atoms with E-state index in [-0.39, 0.29) is 19.1 Å². The molecular formula is C21H23BrF3N3O4S. The third-order valence-corrected chi connectivity index (χ3v) is 7.55. The van der Waals surface area contributed by atoms with Gasteiger partial charge in [0.2, 0.25) is 0 Å². The zero-order valence-corrected chi connectivity index (χ0v) is 20.4. The number of ether oxygens (including phenoxy) is 1. The average Bonchev–Trinajstić information content (AvgIpc) is 2.76. The van der Waals surface area contributed by atoms with Crippen LogP contribution < -0.4 is 9.21 Å². The summed E-state index contributed by atoms with van der Waals surface area (Å²) in [6.07, 6.45) is -4.65. The molecule has 2 aromatic rings. The summed E-state index contributed by atoms with van der Waals surface area (Å²) in [5, 5.41) is 0. The highest BCUT2D eigenvalue weighted by Crippen LogP contribution is 2.39. The van der Waals surface area contributed by atoms with Crippen molar-refractivity contribution in [2.75, 3.05) is 56.1 Å². The van der Waals surface area contributed by atoms with Gasteiger partial charge in [-0.1, -0.05) is 22.0 Å². The van der Waals surface area contributed by atoms with Gasteiger partial charge in [-0.3, -0.25) is 14.0 Å². The molecule has 0 spiro atoms. The minimum Gasteiger partial charge on any atom is -0.468 e. The molecule has 12 heteroatoms. The summed E-state index contributed by atoms with van der Waals surface area (Å²) in [4.78, 5) is 14.8. The molecule has 0 fully saturated rings. The summed E-state index contributed by atoms with van der Waals surface area (Å²) in [5.74, 6) is -0.362. The Bertz CT molecular complexity index is 1130. The molecular weight excluding hydrogens is 527 g/mol. The van der Waals surface area contributed by atoms with E-state index in [4.69, 9.17) is 0 Å². The second kappa shape index (κ2) is 9.90. The number of hydrogen-bond donors (Lipinski definition) is 0. The molecule has 0 radical (unpaired) electrons. The fraction of sp³-hybridized carbons (Fsp3) is 0.381. The molecule has 180 valence electrons. The molecule has 0 saturated heterocycles. The average molecular weight is 550 g/mol. The Kier molecular flexibility index (Phi) is 7.59. The minimum atomic E-state index is -4.65. The van der Waals surface area contributed by atoms with Crippen molar-refractivity contribution in [3.05, 3.63) is 52.5 Å². The van der Waals surface area contributed by atoms with E-state index in [0.717, 1.165) is 22.5 Å². The van der Waals surface area contributed by atoms with Gasteiger partial charge in [0, 0.05) is 24.1 Å². The third-order valence-electron chi connectivity index (χ3n) is 5.25. The lowest BCUT2D eigenvalue weighted by atomic mass is 10.2. The Morgan fingerprint density at radius 1 is 1.15 bits per heavy atom. The smallest absolute Gasteiger partial charge is 0.416 e. The summed E-state index contributed by atoms with van der Waals surface area (Å²) >= 11 is 3.35. The van der Waals surface area contributed by atoms with Crippen molar-refractivity contribution in [1.29, 1.82) is 0 Å². The Morgan fingerprint density at radius 2 is 1.88 bits per heavy atom. The number of hydrogen-bond acceptors (Lipinski definition) is 6. The van der Waals surface area contributed by atoms with Gasteiger partial charge in [-0.05, 0) is 43.4 Å². The lowest BCUT2D eigenvalue weighted by molar-refractivity contribution is -0.141. The highest BCUT2D eigenvalue weighted by Gasteiger charge is 2.35. The summed E-state index contributed by atoms with van der Waals surface area (Å²) in [5.41, 5.74) is -0.0274. The van der Waals surface area contributed by atoms with Gasteiger partial charge in [-0.25, -0.2) is 8.42 Å². The number of halogens is 4. The molecule has 0 amide bonds. The predicted molar refractivity (Wildman–Crippen MR) is 122 cm³/mol. The van der Waals surface area contributed by atoms with Crippen molar-refractivity contribution >= 4 is 43.3 Å². The van der Waals surface area contributed by atoms with Gasteiger partial charge in [-0.15, -0.1) is 0 Å². The zero-order chi connectivity index (χ0) is 24.4. The molecule has 1 heterocycles. The van der Waals surface area contributed by atoms with E-state index in [1.807, 2.05) is 4.90 Å². The van der Waals surface area contributed by atoms with Crippen LogP contribution in [0.5, 0.6) is 0 Å². The number of likely N-dealkylation sites (N-methyl/N-ethyl adjacent to an activating group) is 1. The largest absolute Gasteiger partial charge is 0.468 e.